The molecule has 164 valence electrons. The number of aromatic nitrogens is 3. The van der Waals surface area contributed by atoms with Crippen LogP contribution in [0.4, 0.5) is 10.7 Å². The Balaban J connectivity index is 0.000000488. The van der Waals surface area contributed by atoms with E-state index in [9.17, 15) is 9.59 Å². The summed E-state index contributed by atoms with van der Waals surface area (Å²) in [5.41, 5.74) is 7.30. The van der Waals surface area contributed by atoms with Gasteiger partial charge in [-0.1, -0.05) is 36.4 Å². The van der Waals surface area contributed by atoms with Crippen LogP contribution >= 0.6 is 0 Å². The predicted octanol–water partition coefficient (Wildman–Crippen LogP) is 2.26. The number of aliphatic hydroxyl groups is 1. The van der Waals surface area contributed by atoms with Gasteiger partial charge < -0.3 is 20.1 Å². The molecule has 10 nitrogen and oxygen atoms in total. The summed E-state index contributed by atoms with van der Waals surface area (Å²) >= 11 is 0. The summed E-state index contributed by atoms with van der Waals surface area (Å²) in [5, 5.41) is 11.3. The molecule has 2 heterocycles. The predicted molar refractivity (Wildman–Crippen MR) is 116 cm³/mol. The largest absolute Gasteiger partial charge is 0.449 e. The molecule has 3 rings (SSSR count). The van der Waals surface area contributed by atoms with Crippen molar-refractivity contribution < 1.29 is 19.4 Å². The fourth-order valence-corrected chi connectivity index (χ4v) is 2.38. The molecule has 2 amide bonds. The van der Waals surface area contributed by atoms with Crippen molar-refractivity contribution >= 4 is 17.9 Å². The number of aromatic amines is 1. The molecule has 0 fully saturated rings. The Morgan fingerprint density at radius 3 is 2.45 bits per heavy atom. The molecule has 1 aromatic carbocycles. The zero-order valence-corrected chi connectivity index (χ0v) is 17.4. The second kappa shape index (κ2) is 12.6. The van der Waals surface area contributed by atoms with Gasteiger partial charge in [0, 0.05) is 24.5 Å². The van der Waals surface area contributed by atoms with E-state index in [1.807, 2.05) is 43.3 Å². The number of aliphatic hydroxyl groups excluding tert-OH is 1. The lowest BCUT2D eigenvalue weighted by Gasteiger charge is -2.09. The van der Waals surface area contributed by atoms with Gasteiger partial charge in [-0.3, -0.25) is 10.2 Å². The summed E-state index contributed by atoms with van der Waals surface area (Å²) in [6, 6.07) is 13.6. The van der Waals surface area contributed by atoms with Crippen molar-refractivity contribution in [3.05, 3.63) is 66.1 Å². The summed E-state index contributed by atoms with van der Waals surface area (Å²) in [6.07, 6.45) is 2.60. The third kappa shape index (κ3) is 7.78. The first-order chi connectivity index (χ1) is 15.0. The van der Waals surface area contributed by atoms with E-state index in [0.29, 0.717) is 17.0 Å². The molecular formula is C21H26N6O4. The fourth-order valence-electron chi connectivity index (χ4n) is 2.38. The summed E-state index contributed by atoms with van der Waals surface area (Å²) in [7, 11) is 0. The number of carbonyl (C=O) groups excluding carboxylic acids is 2. The number of amides is 2. The van der Waals surface area contributed by atoms with Crippen molar-refractivity contribution in [3.8, 4) is 11.3 Å². The van der Waals surface area contributed by atoms with Crippen molar-refractivity contribution in [2.45, 2.75) is 13.8 Å². The number of aryl methyl sites for hydroxylation is 1. The fraction of sp³-hybridized carbons (Fsp3) is 0.238. The molecular weight excluding hydrogens is 400 g/mol. The van der Waals surface area contributed by atoms with Crippen LogP contribution < -0.4 is 16.2 Å². The lowest BCUT2D eigenvalue weighted by atomic mass is 10.1. The quantitative estimate of drug-likeness (QED) is 0.365. The lowest BCUT2D eigenvalue weighted by molar-refractivity contribution is 0.0940. The zero-order chi connectivity index (χ0) is 22.5. The molecule has 0 atom stereocenters. The number of hydrogen-bond donors (Lipinski definition) is 5. The molecule has 10 heteroatoms. The van der Waals surface area contributed by atoms with Gasteiger partial charge in [-0.2, -0.15) is 0 Å². The number of benzene rings is 1. The number of nitrogens with zero attached hydrogens (tertiary/aromatic N) is 2. The molecule has 0 aliphatic carbocycles. The van der Waals surface area contributed by atoms with Gasteiger partial charge in [0.05, 0.1) is 18.9 Å². The molecule has 0 unspecified atom stereocenters. The maximum Gasteiger partial charge on any atom is 0.426 e. The molecule has 0 radical (unpaired) electrons. The van der Waals surface area contributed by atoms with E-state index in [4.69, 9.17) is 9.84 Å². The van der Waals surface area contributed by atoms with Gasteiger partial charge in [0.15, 0.2) is 0 Å². The van der Waals surface area contributed by atoms with E-state index in [1.54, 1.807) is 25.4 Å². The number of anilines is 1. The number of rotatable bonds is 7. The second-order valence-electron chi connectivity index (χ2n) is 6.13. The van der Waals surface area contributed by atoms with Crippen LogP contribution in [-0.4, -0.2) is 51.8 Å². The van der Waals surface area contributed by atoms with E-state index < -0.39 is 6.09 Å². The van der Waals surface area contributed by atoms with E-state index in [0.717, 1.165) is 5.56 Å². The summed E-state index contributed by atoms with van der Waals surface area (Å²) in [6.45, 7) is 3.81. The van der Waals surface area contributed by atoms with Crippen molar-refractivity contribution in [3.63, 3.8) is 0 Å². The number of H-pyrrole nitrogens is 1. The Kier molecular flexibility index (Phi) is 9.50. The maximum absolute atomic E-state index is 11.9. The SMILES string of the molecule is CCOC(=O)NNc1ncc(C)c(-c2c[nH]c(C(=O)NCCO)c2)n1.c1ccccc1. The molecule has 0 saturated carbocycles. The van der Waals surface area contributed by atoms with E-state index >= 15 is 0 Å². The highest BCUT2D eigenvalue weighted by molar-refractivity contribution is 5.93. The Morgan fingerprint density at radius 2 is 1.84 bits per heavy atom. The molecule has 31 heavy (non-hydrogen) atoms. The third-order valence-corrected chi connectivity index (χ3v) is 3.79. The van der Waals surface area contributed by atoms with Crippen molar-refractivity contribution in [2.75, 3.05) is 25.2 Å². The first kappa shape index (κ1) is 23.4. The Labute approximate surface area is 180 Å². The first-order valence-corrected chi connectivity index (χ1v) is 9.65. The average Bonchev–Trinajstić information content (AvgIpc) is 3.29. The van der Waals surface area contributed by atoms with Crippen LogP contribution in [0.3, 0.4) is 0 Å². The van der Waals surface area contributed by atoms with E-state index in [1.165, 1.54) is 0 Å². The number of ether oxygens (including phenoxy) is 1. The van der Waals surface area contributed by atoms with E-state index in [2.05, 4.69) is 31.1 Å². The smallest absolute Gasteiger partial charge is 0.426 e. The standard InChI is InChI=1S/C15H20N6O4.C6H6/c1-3-25-15(24)21-20-14-18-7-9(2)12(19-14)10-6-11(17-8-10)13(23)16-4-5-22;1-2-4-6-5-3-1/h6-8,17,22H,3-5H2,1-2H3,(H,16,23)(H,21,24)(H,18,19,20);1-6H. The van der Waals surface area contributed by atoms with Crippen LogP contribution in [0.25, 0.3) is 11.3 Å². The summed E-state index contributed by atoms with van der Waals surface area (Å²) in [5.74, 6) is -0.143. The molecule has 2 aromatic heterocycles. The van der Waals surface area contributed by atoms with Crippen LogP contribution in [-0.2, 0) is 4.74 Å². The lowest BCUT2D eigenvalue weighted by Crippen LogP contribution is -2.30. The number of hydrogen-bond acceptors (Lipinski definition) is 7. The molecule has 0 bridgehead atoms. The molecule has 0 saturated heterocycles. The van der Waals surface area contributed by atoms with Gasteiger partial charge in [0.25, 0.3) is 5.91 Å². The topological polar surface area (TPSA) is 141 Å². The van der Waals surface area contributed by atoms with Crippen molar-refractivity contribution in [1.82, 2.24) is 25.7 Å². The number of carbonyl (C=O) groups is 2. The summed E-state index contributed by atoms with van der Waals surface area (Å²) in [4.78, 5) is 34.4. The monoisotopic (exact) mass is 426 g/mol. The minimum atomic E-state index is -0.641. The first-order valence-electron chi connectivity index (χ1n) is 9.65. The molecule has 5 N–H and O–H groups in total. The van der Waals surface area contributed by atoms with Crippen LogP contribution in [0.1, 0.15) is 23.0 Å². The summed E-state index contributed by atoms with van der Waals surface area (Å²) < 4.78 is 4.73. The molecule has 0 aliphatic rings. The van der Waals surface area contributed by atoms with Gasteiger partial charge in [0.2, 0.25) is 5.95 Å². The van der Waals surface area contributed by atoms with Gasteiger partial charge in [-0.15, -0.1) is 0 Å². The Morgan fingerprint density at radius 1 is 1.16 bits per heavy atom. The van der Waals surface area contributed by atoms with Crippen LogP contribution in [0.15, 0.2) is 54.9 Å². The minimum absolute atomic E-state index is 0.132. The van der Waals surface area contributed by atoms with Crippen LogP contribution in [0.5, 0.6) is 0 Å². The highest BCUT2D eigenvalue weighted by atomic mass is 16.5. The van der Waals surface area contributed by atoms with Gasteiger partial charge in [-0.05, 0) is 25.5 Å². The second-order valence-corrected chi connectivity index (χ2v) is 6.13. The zero-order valence-electron chi connectivity index (χ0n) is 17.4. The average molecular weight is 426 g/mol. The highest BCUT2D eigenvalue weighted by Gasteiger charge is 2.13. The molecule has 0 spiro atoms. The molecule has 0 aliphatic heterocycles. The Hall–Kier alpha value is -3.92. The van der Waals surface area contributed by atoms with Crippen LogP contribution in [0, 0.1) is 6.92 Å². The highest BCUT2D eigenvalue weighted by Crippen LogP contribution is 2.22. The van der Waals surface area contributed by atoms with Crippen molar-refractivity contribution in [2.24, 2.45) is 0 Å². The number of hydrazine groups is 1. The molecule has 3 aromatic rings. The Bertz CT molecular complexity index is 935. The van der Waals surface area contributed by atoms with Gasteiger partial charge in [0.1, 0.15) is 5.69 Å². The normalized spacial score (nSPS) is 9.77. The van der Waals surface area contributed by atoms with Gasteiger partial charge in [-0.25, -0.2) is 20.2 Å². The maximum atomic E-state index is 11.9. The minimum Gasteiger partial charge on any atom is -0.449 e. The van der Waals surface area contributed by atoms with Gasteiger partial charge >= 0.3 is 6.09 Å². The van der Waals surface area contributed by atoms with E-state index in [-0.39, 0.29) is 31.6 Å². The van der Waals surface area contributed by atoms with Crippen LogP contribution in [0.2, 0.25) is 0 Å². The van der Waals surface area contributed by atoms with Crippen molar-refractivity contribution in [1.29, 1.82) is 0 Å². The third-order valence-electron chi connectivity index (χ3n) is 3.79. The number of nitrogens with one attached hydrogen (secondary N) is 4.